The van der Waals surface area contributed by atoms with Crippen LogP contribution in [0.4, 0.5) is 0 Å². The van der Waals surface area contributed by atoms with Crippen LogP contribution in [0.2, 0.25) is 0 Å². The first-order valence-electron chi connectivity index (χ1n) is 22.1. The topological polar surface area (TPSA) is 135 Å². The molecule has 0 fully saturated rings. The Hall–Kier alpha value is -1.18. The third-order valence-corrected chi connectivity index (χ3v) is 10.8. The third-order valence-electron chi connectivity index (χ3n) is 10.8. The van der Waals surface area contributed by atoms with E-state index in [4.69, 9.17) is 10.2 Å². The molecule has 312 valence electrons. The quantitative estimate of drug-likeness (QED) is 0.0400. The van der Waals surface area contributed by atoms with Gasteiger partial charge in [-0.3, -0.25) is 4.79 Å². The summed E-state index contributed by atoms with van der Waals surface area (Å²) in [6, 6.07) is 0. The lowest BCUT2D eigenvalue weighted by Gasteiger charge is -2.32. The number of hydrogen-bond acceptors (Lipinski definition) is 5. The molecule has 5 N–H and O–H groups in total. The molecule has 0 spiro atoms. The van der Waals surface area contributed by atoms with Crippen LogP contribution in [0.25, 0.3) is 0 Å². The standard InChI is InChI=1S/C40H78O5.C5H12O2/c1-35(2)31-27-23-19-15-11-7-5-9-13-17-21-25-29-33-40(39(44)45,37(41)38(42)43)34-30-26-22-18-14-10-6-8-12-16-20-24-28-32-36(3)4;1-5(2,3-6)4-7/h35-37,41H,5-34H2,1-4H3,(H,42,43)(H,44,45);6-7H,3-4H2,1-2H3. The number of carbonyl (C=O) groups is 2. The SMILES string of the molecule is CC(C)(CO)CO.CC(C)CCCCCCCCCCCCCCCC(CCCCCCCCCCCCCCCC(C)C)(C(=O)O)C(O)C(=O)O. The zero-order valence-electron chi connectivity index (χ0n) is 35.4. The number of aliphatic carboxylic acids is 2. The molecule has 0 rings (SSSR count). The minimum Gasteiger partial charge on any atom is -0.481 e. The molecule has 0 heterocycles. The zero-order chi connectivity index (χ0) is 39.5. The van der Waals surface area contributed by atoms with Crippen LogP contribution in [0.3, 0.4) is 0 Å². The van der Waals surface area contributed by atoms with Crippen LogP contribution in [-0.4, -0.2) is 56.8 Å². The minimum absolute atomic E-state index is 0.0451. The number of carboxylic acid groups (broad SMARTS) is 2. The van der Waals surface area contributed by atoms with Gasteiger partial charge in [0.25, 0.3) is 0 Å². The maximum Gasteiger partial charge on any atom is 0.333 e. The summed E-state index contributed by atoms with van der Waals surface area (Å²) in [5, 5.41) is 46.9. The van der Waals surface area contributed by atoms with E-state index in [1.165, 1.54) is 128 Å². The van der Waals surface area contributed by atoms with Crippen LogP contribution in [0, 0.1) is 22.7 Å². The van der Waals surface area contributed by atoms with Gasteiger partial charge in [-0.05, 0) is 24.7 Å². The van der Waals surface area contributed by atoms with Crippen LogP contribution >= 0.6 is 0 Å². The van der Waals surface area contributed by atoms with Crippen molar-refractivity contribution in [2.75, 3.05) is 13.2 Å². The molecule has 52 heavy (non-hydrogen) atoms. The summed E-state index contributed by atoms with van der Waals surface area (Å²) in [5.41, 5.74) is -1.88. The van der Waals surface area contributed by atoms with Gasteiger partial charge in [-0.25, -0.2) is 4.79 Å². The molecule has 0 saturated heterocycles. The van der Waals surface area contributed by atoms with Gasteiger partial charge in [0.2, 0.25) is 0 Å². The molecular weight excluding hydrogens is 652 g/mol. The summed E-state index contributed by atoms with van der Waals surface area (Å²) in [4.78, 5) is 24.0. The second kappa shape index (κ2) is 35.5. The molecule has 1 unspecified atom stereocenters. The highest BCUT2D eigenvalue weighted by Crippen LogP contribution is 2.36. The summed E-state index contributed by atoms with van der Waals surface area (Å²) in [5.74, 6) is -0.913. The second-order valence-corrected chi connectivity index (χ2v) is 17.7. The van der Waals surface area contributed by atoms with E-state index < -0.39 is 23.5 Å². The van der Waals surface area contributed by atoms with E-state index in [1.807, 2.05) is 0 Å². The van der Waals surface area contributed by atoms with Gasteiger partial charge in [-0.2, -0.15) is 0 Å². The number of aliphatic hydroxyl groups is 3. The first-order chi connectivity index (χ1) is 24.8. The normalized spacial score (nSPS) is 12.7. The number of carboxylic acids is 2. The Bertz CT molecular complexity index is 751. The molecule has 7 nitrogen and oxygen atoms in total. The number of rotatable bonds is 37. The lowest BCUT2D eigenvalue weighted by Crippen LogP contribution is -2.47. The highest BCUT2D eigenvalue weighted by molar-refractivity contribution is 5.85. The van der Waals surface area contributed by atoms with Crippen molar-refractivity contribution in [3.8, 4) is 0 Å². The summed E-state index contributed by atoms with van der Waals surface area (Å²) in [6.07, 6.45) is 32.8. The molecule has 0 aliphatic heterocycles. The fourth-order valence-electron chi connectivity index (χ4n) is 6.89. The second-order valence-electron chi connectivity index (χ2n) is 17.7. The predicted molar refractivity (Wildman–Crippen MR) is 220 cm³/mol. The van der Waals surface area contributed by atoms with E-state index in [1.54, 1.807) is 13.8 Å². The maximum atomic E-state index is 12.3. The molecule has 1 atom stereocenters. The Morgan fingerprint density at radius 3 is 0.846 bits per heavy atom. The molecule has 0 bridgehead atoms. The zero-order valence-corrected chi connectivity index (χ0v) is 35.4. The minimum atomic E-state index is -1.85. The number of hydrogen-bond donors (Lipinski definition) is 5. The molecule has 0 aromatic rings. The summed E-state index contributed by atoms with van der Waals surface area (Å²) in [7, 11) is 0. The van der Waals surface area contributed by atoms with Gasteiger partial charge in [0.15, 0.2) is 6.10 Å². The highest BCUT2D eigenvalue weighted by Gasteiger charge is 2.48. The van der Waals surface area contributed by atoms with Gasteiger partial charge in [0, 0.05) is 5.41 Å². The smallest absolute Gasteiger partial charge is 0.333 e. The first kappa shape index (κ1) is 52.9. The predicted octanol–water partition coefficient (Wildman–Crippen LogP) is 12.5. The maximum absolute atomic E-state index is 12.3. The van der Waals surface area contributed by atoms with E-state index >= 15 is 0 Å². The van der Waals surface area contributed by atoms with E-state index in [0.29, 0.717) is 12.8 Å². The van der Waals surface area contributed by atoms with Gasteiger partial charge in [0.05, 0.1) is 13.2 Å². The van der Waals surface area contributed by atoms with Gasteiger partial charge in [0.1, 0.15) is 5.41 Å². The van der Waals surface area contributed by atoms with Gasteiger partial charge >= 0.3 is 11.9 Å². The van der Waals surface area contributed by atoms with Crippen LogP contribution in [-0.2, 0) is 9.59 Å². The van der Waals surface area contributed by atoms with Gasteiger partial charge in [-0.15, -0.1) is 0 Å². The average molecular weight is 743 g/mol. The molecule has 0 aromatic carbocycles. The fourth-order valence-corrected chi connectivity index (χ4v) is 6.89. The van der Waals surface area contributed by atoms with E-state index in [9.17, 15) is 24.9 Å². The summed E-state index contributed by atoms with van der Waals surface area (Å²) >= 11 is 0. The molecular formula is C45H90O7. The van der Waals surface area contributed by atoms with Crippen molar-refractivity contribution in [2.45, 2.75) is 240 Å². The van der Waals surface area contributed by atoms with Crippen molar-refractivity contribution in [2.24, 2.45) is 22.7 Å². The van der Waals surface area contributed by atoms with Crippen LogP contribution in [0.5, 0.6) is 0 Å². The van der Waals surface area contributed by atoms with Gasteiger partial charge in [-0.1, -0.05) is 221 Å². The van der Waals surface area contributed by atoms with E-state index in [-0.39, 0.29) is 31.5 Å². The molecule has 0 aliphatic rings. The fraction of sp³-hybridized carbons (Fsp3) is 0.956. The Balaban J connectivity index is 0. The van der Waals surface area contributed by atoms with Crippen LogP contribution in [0.15, 0.2) is 0 Å². The Morgan fingerprint density at radius 1 is 0.442 bits per heavy atom. The lowest BCUT2D eigenvalue weighted by atomic mass is 9.73. The van der Waals surface area contributed by atoms with E-state index in [0.717, 1.165) is 50.4 Å². The number of unbranched alkanes of at least 4 members (excludes halogenated alkanes) is 24. The molecule has 0 aliphatic carbocycles. The van der Waals surface area contributed by atoms with Crippen molar-refractivity contribution in [3.05, 3.63) is 0 Å². The Labute approximate surface area is 322 Å². The molecule has 7 heteroatoms. The summed E-state index contributed by atoms with van der Waals surface area (Å²) < 4.78 is 0. The van der Waals surface area contributed by atoms with Crippen molar-refractivity contribution in [1.29, 1.82) is 0 Å². The van der Waals surface area contributed by atoms with Crippen molar-refractivity contribution >= 4 is 11.9 Å². The summed E-state index contributed by atoms with van der Waals surface area (Å²) in [6.45, 7) is 12.9. The largest absolute Gasteiger partial charge is 0.481 e. The van der Waals surface area contributed by atoms with Crippen molar-refractivity contribution in [1.82, 2.24) is 0 Å². The number of aliphatic hydroxyl groups excluding tert-OH is 3. The Kier molecular flexibility index (Phi) is 36.1. The molecule has 0 saturated carbocycles. The van der Waals surface area contributed by atoms with Crippen molar-refractivity contribution in [3.63, 3.8) is 0 Å². The van der Waals surface area contributed by atoms with Crippen LogP contribution in [0.1, 0.15) is 234 Å². The molecule has 0 aromatic heterocycles. The highest BCUT2D eigenvalue weighted by atomic mass is 16.4. The first-order valence-corrected chi connectivity index (χ1v) is 22.1. The molecule has 0 amide bonds. The average Bonchev–Trinajstić information content (AvgIpc) is 3.10. The third kappa shape index (κ3) is 32.3. The lowest BCUT2D eigenvalue weighted by molar-refractivity contribution is -0.171. The monoisotopic (exact) mass is 743 g/mol. The van der Waals surface area contributed by atoms with Crippen LogP contribution < -0.4 is 0 Å². The van der Waals surface area contributed by atoms with Gasteiger partial charge < -0.3 is 25.5 Å². The van der Waals surface area contributed by atoms with Crippen molar-refractivity contribution < 1.29 is 35.1 Å². The Morgan fingerprint density at radius 2 is 0.673 bits per heavy atom. The van der Waals surface area contributed by atoms with E-state index in [2.05, 4.69) is 27.7 Å². The molecule has 0 radical (unpaired) electrons.